The fourth-order valence-corrected chi connectivity index (χ4v) is 3.35. The van der Waals surface area contributed by atoms with Crippen molar-refractivity contribution in [2.45, 2.75) is 26.2 Å². The van der Waals surface area contributed by atoms with Crippen molar-refractivity contribution in [3.05, 3.63) is 35.8 Å². The molecule has 1 amide bonds. The predicted octanol–water partition coefficient (Wildman–Crippen LogP) is 2.50. The molecule has 1 saturated heterocycles. The molecule has 128 valence electrons. The molecule has 0 spiro atoms. The highest BCUT2D eigenvalue weighted by molar-refractivity contribution is 6.44. The van der Waals surface area contributed by atoms with E-state index in [0.29, 0.717) is 36.8 Å². The molecule has 0 unspecified atom stereocenters. The van der Waals surface area contributed by atoms with Crippen LogP contribution >= 0.6 is 0 Å². The molecule has 0 aliphatic carbocycles. The van der Waals surface area contributed by atoms with Crippen molar-refractivity contribution in [1.29, 1.82) is 0 Å². The Hall–Kier alpha value is -2.21. The number of amides is 1. The average Bonchev–Trinajstić information content (AvgIpc) is 3.03. The molecular weight excluding hydrogens is 311 g/mol. The van der Waals surface area contributed by atoms with E-state index in [1.165, 1.54) is 23.2 Å². The maximum atomic E-state index is 13.4. The number of ketones is 1. The van der Waals surface area contributed by atoms with Crippen LogP contribution in [0, 0.1) is 11.2 Å². The van der Waals surface area contributed by atoms with Gasteiger partial charge in [0.15, 0.2) is 0 Å². The monoisotopic (exact) mass is 332 g/mol. The maximum Gasteiger partial charge on any atom is 0.295 e. The Morgan fingerprint density at radius 1 is 1.33 bits per heavy atom. The Kier molecular flexibility index (Phi) is 4.41. The van der Waals surface area contributed by atoms with E-state index in [0.717, 1.165) is 6.42 Å². The number of rotatable bonds is 4. The van der Waals surface area contributed by atoms with Gasteiger partial charge in [-0.25, -0.2) is 4.39 Å². The van der Waals surface area contributed by atoms with Crippen LogP contribution in [0.3, 0.4) is 0 Å². The molecule has 0 saturated carbocycles. The number of Topliss-reactive ketones (excluding diaryl/α,β-unsaturated/α-hetero) is 1. The number of hydrogen-bond donors (Lipinski definition) is 2. The second-order valence-corrected chi connectivity index (χ2v) is 6.53. The number of H-pyrrole nitrogens is 1. The summed E-state index contributed by atoms with van der Waals surface area (Å²) in [5.74, 6) is -1.64. The number of benzene rings is 1. The minimum absolute atomic E-state index is 0.0984. The zero-order chi connectivity index (χ0) is 17.3. The van der Waals surface area contributed by atoms with Crippen LogP contribution in [0.5, 0.6) is 0 Å². The normalized spacial score (nSPS) is 17.2. The molecule has 1 aromatic carbocycles. The van der Waals surface area contributed by atoms with Gasteiger partial charge in [0.05, 0.1) is 5.56 Å². The van der Waals surface area contributed by atoms with E-state index in [-0.39, 0.29) is 17.6 Å². The van der Waals surface area contributed by atoms with Gasteiger partial charge in [0.2, 0.25) is 0 Å². The van der Waals surface area contributed by atoms with Gasteiger partial charge >= 0.3 is 0 Å². The van der Waals surface area contributed by atoms with Gasteiger partial charge in [-0.1, -0.05) is 6.92 Å². The van der Waals surface area contributed by atoms with Crippen molar-refractivity contribution in [1.82, 2.24) is 9.88 Å². The van der Waals surface area contributed by atoms with Crippen molar-refractivity contribution < 1.29 is 19.1 Å². The molecule has 3 rings (SSSR count). The van der Waals surface area contributed by atoms with Gasteiger partial charge in [-0.05, 0) is 42.9 Å². The van der Waals surface area contributed by atoms with Crippen LogP contribution in [-0.2, 0) is 4.79 Å². The fourth-order valence-electron chi connectivity index (χ4n) is 3.35. The van der Waals surface area contributed by atoms with Crippen LogP contribution in [0.1, 0.15) is 36.5 Å². The highest BCUT2D eigenvalue weighted by atomic mass is 19.1. The predicted molar refractivity (Wildman–Crippen MR) is 88.2 cm³/mol. The SMILES string of the molecule is CCC1(CO)CCN(C(=O)C(=O)c2c[nH]c3ccc(F)cc23)CC1. The summed E-state index contributed by atoms with van der Waals surface area (Å²) in [6.07, 6.45) is 3.67. The first kappa shape index (κ1) is 16.6. The average molecular weight is 332 g/mol. The lowest BCUT2D eigenvalue weighted by Gasteiger charge is -2.39. The van der Waals surface area contributed by atoms with Gasteiger partial charge in [0, 0.05) is 36.8 Å². The molecule has 2 N–H and O–H groups in total. The molecule has 0 atom stereocenters. The number of nitrogens with zero attached hydrogens (tertiary/aromatic N) is 1. The van der Waals surface area contributed by atoms with Crippen molar-refractivity contribution in [2.75, 3.05) is 19.7 Å². The number of likely N-dealkylation sites (tertiary alicyclic amines) is 1. The molecule has 2 heterocycles. The van der Waals surface area contributed by atoms with Crippen molar-refractivity contribution in [3.8, 4) is 0 Å². The standard InChI is InChI=1S/C18H21FN2O3/c1-2-18(11-22)5-7-21(8-6-18)17(24)16(23)14-10-20-15-4-3-12(19)9-13(14)15/h3-4,9-10,20,22H,2,5-8,11H2,1H3. The number of piperidine rings is 1. The maximum absolute atomic E-state index is 13.4. The van der Waals surface area contributed by atoms with Crippen LogP contribution in [-0.4, -0.2) is 46.4 Å². The first-order chi connectivity index (χ1) is 11.5. The number of aliphatic hydroxyl groups excluding tert-OH is 1. The van der Waals surface area contributed by atoms with Gasteiger partial charge in [-0.3, -0.25) is 9.59 Å². The highest BCUT2D eigenvalue weighted by Gasteiger charge is 2.36. The summed E-state index contributed by atoms with van der Waals surface area (Å²) in [4.78, 5) is 29.5. The Labute approximate surface area is 139 Å². The van der Waals surface area contributed by atoms with Crippen LogP contribution in [0.4, 0.5) is 4.39 Å². The molecule has 1 fully saturated rings. The Bertz CT molecular complexity index is 770. The first-order valence-electron chi connectivity index (χ1n) is 8.21. The zero-order valence-electron chi connectivity index (χ0n) is 13.6. The number of aliphatic hydroxyl groups is 1. The van der Waals surface area contributed by atoms with E-state index >= 15 is 0 Å². The minimum Gasteiger partial charge on any atom is -0.396 e. The second-order valence-electron chi connectivity index (χ2n) is 6.53. The third-order valence-corrected chi connectivity index (χ3v) is 5.28. The molecule has 5 nitrogen and oxygen atoms in total. The smallest absolute Gasteiger partial charge is 0.295 e. The molecule has 0 bridgehead atoms. The van der Waals surface area contributed by atoms with E-state index in [4.69, 9.17) is 0 Å². The number of nitrogens with one attached hydrogen (secondary N) is 1. The lowest BCUT2D eigenvalue weighted by Crippen LogP contribution is -2.46. The molecule has 1 aliphatic rings. The Morgan fingerprint density at radius 3 is 2.67 bits per heavy atom. The number of carbonyl (C=O) groups excluding carboxylic acids is 2. The van der Waals surface area contributed by atoms with Crippen molar-refractivity contribution in [2.24, 2.45) is 5.41 Å². The molecule has 6 heteroatoms. The molecule has 1 aromatic heterocycles. The summed E-state index contributed by atoms with van der Waals surface area (Å²) in [6.45, 7) is 3.03. The summed E-state index contributed by atoms with van der Waals surface area (Å²) in [5.41, 5.74) is 0.671. The first-order valence-corrected chi connectivity index (χ1v) is 8.21. The Balaban J connectivity index is 1.78. The summed E-state index contributed by atoms with van der Waals surface area (Å²) in [5, 5.41) is 9.98. The van der Waals surface area contributed by atoms with Gasteiger partial charge in [-0.2, -0.15) is 0 Å². The van der Waals surface area contributed by atoms with Gasteiger partial charge < -0.3 is 15.0 Å². The van der Waals surface area contributed by atoms with E-state index in [1.807, 2.05) is 6.92 Å². The van der Waals surface area contributed by atoms with Gasteiger partial charge in [0.1, 0.15) is 5.82 Å². The second kappa shape index (κ2) is 6.36. The molecule has 24 heavy (non-hydrogen) atoms. The van der Waals surface area contributed by atoms with E-state index in [2.05, 4.69) is 4.98 Å². The lowest BCUT2D eigenvalue weighted by atomic mass is 9.77. The highest BCUT2D eigenvalue weighted by Crippen LogP contribution is 2.34. The van der Waals surface area contributed by atoms with Crippen LogP contribution in [0.2, 0.25) is 0 Å². The van der Waals surface area contributed by atoms with Crippen LogP contribution < -0.4 is 0 Å². The van der Waals surface area contributed by atoms with Crippen LogP contribution in [0.15, 0.2) is 24.4 Å². The number of halogens is 1. The van der Waals surface area contributed by atoms with E-state index in [9.17, 15) is 19.1 Å². The number of hydrogen-bond acceptors (Lipinski definition) is 3. The largest absolute Gasteiger partial charge is 0.396 e. The molecular formula is C18H21FN2O3. The molecule has 0 radical (unpaired) electrons. The lowest BCUT2D eigenvalue weighted by molar-refractivity contribution is -0.129. The molecule has 1 aliphatic heterocycles. The molecule has 2 aromatic rings. The summed E-state index contributed by atoms with van der Waals surface area (Å²) in [6, 6.07) is 4.11. The van der Waals surface area contributed by atoms with E-state index in [1.54, 1.807) is 6.07 Å². The number of aromatic amines is 1. The van der Waals surface area contributed by atoms with Gasteiger partial charge in [-0.15, -0.1) is 0 Å². The number of carbonyl (C=O) groups is 2. The summed E-state index contributed by atoms with van der Waals surface area (Å²) >= 11 is 0. The van der Waals surface area contributed by atoms with Crippen LogP contribution in [0.25, 0.3) is 10.9 Å². The van der Waals surface area contributed by atoms with Crippen molar-refractivity contribution in [3.63, 3.8) is 0 Å². The number of aromatic nitrogens is 1. The third kappa shape index (κ3) is 2.82. The zero-order valence-corrected chi connectivity index (χ0v) is 13.6. The summed E-state index contributed by atoms with van der Waals surface area (Å²) in [7, 11) is 0. The Morgan fingerprint density at radius 2 is 2.04 bits per heavy atom. The fraction of sp³-hybridized carbons (Fsp3) is 0.444. The van der Waals surface area contributed by atoms with Crippen molar-refractivity contribution >= 4 is 22.6 Å². The third-order valence-electron chi connectivity index (χ3n) is 5.28. The topological polar surface area (TPSA) is 73.4 Å². The summed E-state index contributed by atoms with van der Waals surface area (Å²) < 4.78 is 13.4. The van der Waals surface area contributed by atoms with E-state index < -0.39 is 17.5 Å². The quantitative estimate of drug-likeness (QED) is 0.667. The van der Waals surface area contributed by atoms with Gasteiger partial charge in [0.25, 0.3) is 11.7 Å². The minimum atomic E-state index is -0.625. The number of fused-ring (bicyclic) bond motifs is 1.